The molecule has 27 heavy (non-hydrogen) atoms. The highest BCUT2D eigenvalue weighted by molar-refractivity contribution is 6.30. The van der Waals surface area contributed by atoms with Gasteiger partial charge in [-0.1, -0.05) is 23.7 Å². The number of ether oxygens (including phenoxy) is 1. The summed E-state index contributed by atoms with van der Waals surface area (Å²) >= 11 is 5.82. The molecule has 0 saturated carbocycles. The lowest BCUT2D eigenvalue weighted by Crippen LogP contribution is -2.24. The van der Waals surface area contributed by atoms with Gasteiger partial charge in [0.2, 0.25) is 5.95 Å². The maximum Gasteiger partial charge on any atom is 0.407 e. The summed E-state index contributed by atoms with van der Waals surface area (Å²) in [6, 6.07) is 9.13. The summed E-state index contributed by atoms with van der Waals surface area (Å²) in [7, 11) is 0. The van der Waals surface area contributed by atoms with Gasteiger partial charge in [-0.05, 0) is 36.6 Å². The Morgan fingerprint density at radius 3 is 2.70 bits per heavy atom. The van der Waals surface area contributed by atoms with Crippen LogP contribution in [0.1, 0.15) is 18.4 Å². The van der Waals surface area contributed by atoms with Crippen molar-refractivity contribution in [2.45, 2.75) is 25.9 Å². The van der Waals surface area contributed by atoms with Crippen molar-refractivity contribution in [1.29, 1.82) is 0 Å². The molecule has 5 N–H and O–H groups in total. The topological polar surface area (TPSA) is 121 Å². The Morgan fingerprint density at radius 2 is 1.93 bits per heavy atom. The highest BCUT2D eigenvalue weighted by Gasteiger charge is 2.08. The van der Waals surface area contributed by atoms with E-state index in [2.05, 4.69) is 15.3 Å². The molecule has 0 aliphatic rings. The van der Waals surface area contributed by atoms with Crippen LogP contribution in [0.5, 0.6) is 0 Å². The van der Waals surface area contributed by atoms with Crippen molar-refractivity contribution in [1.82, 2.24) is 19.9 Å². The Balaban J connectivity index is 1.38. The molecule has 0 radical (unpaired) electrons. The lowest BCUT2D eigenvalue weighted by molar-refractivity contribution is 0.143. The standard InChI is InChI=1S/C18H21ClN6O2/c19-13-5-3-12(4-6-13)11-22-18(26)27-10-2-1-8-25-9-7-14-15(20)23-17(21)24-16(14)25/h3-7,9H,1-2,8,10-11H2,(H,22,26)(H4,20,21,23,24). The maximum absolute atomic E-state index is 11.7. The van der Waals surface area contributed by atoms with Crippen molar-refractivity contribution < 1.29 is 9.53 Å². The number of carbonyl (C=O) groups is 1. The Kier molecular flexibility index (Phi) is 5.97. The summed E-state index contributed by atoms with van der Waals surface area (Å²) in [5.41, 5.74) is 13.2. The van der Waals surface area contributed by atoms with Gasteiger partial charge in [0.25, 0.3) is 0 Å². The number of fused-ring (bicyclic) bond motifs is 1. The van der Waals surface area contributed by atoms with Crippen molar-refractivity contribution in [2.75, 3.05) is 18.1 Å². The number of amides is 1. The fraction of sp³-hybridized carbons (Fsp3) is 0.278. The molecule has 0 aliphatic heterocycles. The second-order valence-electron chi connectivity index (χ2n) is 6.04. The van der Waals surface area contributed by atoms with Gasteiger partial charge < -0.3 is 26.1 Å². The summed E-state index contributed by atoms with van der Waals surface area (Å²) in [4.78, 5) is 19.9. The number of nitrogens with zero attached hydrogens (tertiary/aromatic N) is 3. The van der Waals surface area contributed by atoms with E-state index in [-0.39, 0.29) is 5.95 Å². The van der Waals surface area contributed by atoms with E-state index in [1.54, 1.807) is 12.1 Å². The van der Waals surface area contributed by atoms with Crippen LogP contribution in [0, 0.1) is 0 Å². The number of nitrogens with one attached hydrogen (secondary N) is 1. The number of aryl methyl sites for hydroxylation is 1. The molecule has 142 valence electrons. The average molecular weight is 389 g/mol. The number of nitrogens with two attached hydrogens (primary N) is 2. The molecule has 0 atom stereocenters. The number of anilines is 2. The molecular weight excluding hydrogens is 368 g/mol. The number of benzene rings is 1. The van der Waals surface area contributed by atoms with Crippen LogP contribution in [0.15, 0.2) is 36.5 Å². The Morgan fingerprint density at radius 1 is 1.15 bits per heavy atom. The van der Waals surface area contributed by atoms with Gasteiger partial charge in [0.1, 0.15) is 11.5 Å². The van der Waals surface area contributed by atoms with Crippen LogP contribution in [0.2, 0.25) is 5.02 Å². The molecule has 0 fully saturated rings. The van der Waals surface area contributed by atoms with Crippen LogP contribution in [-0.4, -0.2) is 27.2 Å². The molecule has 3 rings (SSSR count). The molecule has 1 amide bonds. The fourth-order valence-corrected chi connectivity index (χ4v) is 2.79. The van der Waals surface area contributed by atoms with E-state index in [0.717, 1.165) is 30.3 Å². The SMILES string of the molecule is Nc1nc(N)c2ccn(CCCCOC(=O)NCc3ccc(Cl)cc3)c2n1. The summed E-state index contributed by atoms with van der Waals surface area (Å²) in [6.07, 6.45) is 3.00. The van der Waals surface area contributed by atoms with Gasteiger partial charge in [0.05, 0.1) is 12.0 Å². The molecule has 3 aromatic rings. The van der Waals surface area contributed by atoms with Crippen LogP contribution in [0.3, 0.4) is 0 Å². The second kappa shape index (κ2) is 8.59. The van der Waals surface area contributed by atoms with Gasteiger partial charge in [0, 0.05) is 24.3 Å². The number of hydrogen-bond acceptors (Lipinski definition) is 6. The molecule has 0 spiro atoms. The van der Waals surface area contributed by atoms with Gasteiger partial charge in [-0.2, -0.15) is 9.97 Å². The lowest BCUT2D eigenvalue weighted by Gasteiger charge is -2.08. The Bertz CT molecular complexity index is 925. The third-order valence-corrected chi connectivity index (χ3v) is 4.29. The first-order chi connectivity index (χ1) is 13.0. The summed E-state index contributed by atoms with van der Waals surface area (Å²) in [6.45, 7) is 1.45. The van der Waals surface area contributed by atoms with Crippen LogP contribution in [0.25, 0.3) is 11.0 Å². The van der Waals surface area contributed by atoms with Crippen LogP contribution >= 0.6 is 11.6 Å². The quantitative estimate of drug-likeness (QED) is 0.535. The third-order valence-electron chi connectivity index (χ3n) is 4.04. The second-order valence-corrected chi connectivity index (χ2v) is 6.47. The van der Waals surface area contributed by atoms with Crippen LogP contribution < -0.4 is 16.8 Å². The smallest absolute Gasteiger partial charge is 0.407 e. The number of unbranched alkanes of at least 4 members (excludes halogenated alkanes) is 1. The number of aromatic nitrogens is 3. The summed E-state index contributed by atoms with van der Waals surface area (Å²) in [5, 5.41) is 4.15. The maximum atomic E-state index is 11.7. The minimum atomic E-state index is -0.440. The summed E-state index contributed by atoms with van der Waals surface area (Å²) < 4.78 is 7.14. The minimum absolute atomic E-state index is 0.153. The van der Waals surface area contributed by atoms with Crippen molar-refractivity contribution in [2.24, 2.45) is 0 Å². The molecular formula is C18H21ClN6O2. The van der Waals surface area contributed by atoms with Crippen molar-refractivity contribution in [3.8, 4) is 0 Å². The number of rotatable bonds is 7. The van der Waals surface area contributed by atoms with E-state index in [1.165, 1.54) is 0 Å². The zero-order valence-corrected chi connectivity index (χ0v) is 15.4. The number of halogens is 1. The molecule has 0 bridgehead atoms. The zero-order valence-electron chi connectivity index (χ0n) is 14.7. The van der Waals surface area contributed by atoms with Crippen LogP contribution in [0.4, 0.5) is 16.6 Å². The van der Waals surface area contributed by atoms with Crippen molar-refractivity contribution >= 4 is 40.5 Å². The third kappa shape index (κ3) is 5.01. The summed E-state index contributed by atoms with van der Waals surface area (Å²) in [5.74, 6) is 0.526. The van der Waals surface area contributed by atoms with E-state index in [0.29, 0.717) is 29.6 Å². The van der Waals surface area contributed by atoms with E-state index in [4.69, 9.17) is 27.8 Å². The Labute approximate surface area is 161 Å². The highest BCUT2D eigenvalue weighted by Crippen LogP contribution is 2.20. The first-order valence-corrected chi connectivity index (χ1v) is 8.93. The Hall–Kier alpha value is -3.00. The largest absolute Gasteiger partial charge is 0.450 e. The molecule has 8 nitrogen and oxygen atoms in total. The number of nitrogen functional groups attached to an aromatic ring is 2. The first kappa shape index (κ1) is 18.8. The minimum Gasteiger partial charge on any atom is -0.450 e. The average Bonchev–Trinajstić information content (AvgIpc) is 3.04. The number of hydrogen-bond donors (Lipinski definition) is 3. The molecule has 9 heteroatoms. The predicted molar refractivity (Wildman–Crippen MR) is 105 cm³/mol. The lowest BCUT2D eigenvalue weighted by atomic mass is 10.2. The molecule has 0 aliphatic carbocycles. The molecule has 1 aromatic carbocycles. The first-order valence-electron chi connectivity index (χ1n) is 8.56. The number of carbonyl (C=O) groups excluding carboxylic acids is 1. The van der Waals surface area contributed by atoms with E-state index in [1.807, 2.05) is 29.0 Å². The molecule has 0 saturated heterocycles. The van der Waals surface area contributed by atoms with Gasteiger partial charge in [-0.15, -0.1) is 0 Å². The van der Waals surface area contributed by atoms with E-state index in [9.17, 15) is 4.79 Å². The van der Waals surface area contributed by atoms with Gasteiger partial charge in [0.15, 0.2) is 0 Å². The number of alkyl carbamates (subject to hydrolysis) is 1. The predicted octanol–water partition coefficient (Wildman–Crippen LogP) is 2.96. The normalized spacial score (nSPS) is 10.9. The fourth-order valence-electron chi connectivity index (χ4n) is 2.66. The van der Waals surface area contributed by atoms with Gasteiger partial charge in [-0.25, -0.2) is 4.79 Å². The molecule has 2 heterocycles. The van der Waals surface area contributed by atoms with Crippen LogP contribution in [-0.2, 0) is 17.8 Å². The van der Waals surface area contributed by atoms with Crippen molar-refractivity contribution in [3.05, 3.63) is 47.1 Å². The van der Waals surface area contributed by atoms with E-state index < -0.39 is 6.09 Å². The molecule has 2 aromatic heterocycles. The zero-order chi connectivity index (χ0) is 19.2. The highest BCUT2D eigenvalue weighted by atomic mass is 35.5. The van der Waals surface area contributed by atoms with Gasteiger partial charge in [-0.3, -0.25) is 0 Å². The van der Waals surface area contributed by atoms with Crippen molar-refractivity contribution in [3.63, 3.8) is 0 Å². The van der Waals surface area contributed by atoms with E-state index >= 15 is 0 Å². The van der Waals surface area contributed by atoms with Gasteiger partial charge >= 0.3 is 6.09 Å². The monoisotopic (exact) mass is 388 g/mol. The molecule has 0 unspecified atom stereocenters.